The van der Waals surface area contributed by atoms with Crippen LogP contribution in [0.3, 0.4) is 0 Å². The number of carbonyl (C=O) groups excluding carboxylic acids is 1. The van der Waals surface area contributed by atoms with Crippen molar-refractivity contribution in [1.29, 1.82) is 0 Å². The molecule has 0 unspecified atom stereocenters. The van der Waals surface area contributed by atoms with E-state index in [9.17, 15) is 4.79 Å². The molecular weight excluding hydrogens is 292 g/mol. The summed E-state index contributed by atoms with van der Waals surface area (Å²) in [5.41, 5.74) is 6.98. The number of hydrogen-bond donors (Lipinski definition) is 2. The zero-order valence-electron chi connectivity index (χ0n) is 12.3. The number of ether oxygens (including phenoxy) is 2. The molecule has 0 spiro atoms. The van der Waals surface area contributed by atoms with Crippen molar-refractivity contribution in [1.82, 2.24) is 0 Å². The van der Waals surface area contributed by atoms with Gasteiger partial charge in [-0.3, -0.25) is 4.79 Å². The van der Waals surface area contributed by atoms with E-state index in [1.165, 1.54) is 0 Å². The molecule has 3 N–H and O–H groups in total. The molecular formula is C15H23ClN2O3. The van der Waals surface area contributed by atoms with Crippen LogP contribution < -0.4 is 11.1 Å². The van der Waals surface area contributed by atoms with Crippen LogP contribution in [-0.4, -0.2) is 31.3 Å². The van der Waals surface area contributed by atoms with E-state index in [1.807, 2.05) is 31.2 Å². The Hall–Kier alpha value is -1.14. The SMILES string of the molecule is CCOCCOCc1cccc(NC(=O)C2(N)CC2)c1.Cl. The Bertz CT molecular complexity index is 464. The highest BCUT2D eigenvalue weighted by atomic mass is 35.5. The third-order valence-corrected chi connectivity index (χ3v) is 3.27. The Morgan fingerprint density at radius 2 is 2.05 bits per heavy atom. The van der Waals surface area contributed by atoms with Gasteiger partial charge in [0.25, 0.3) is 0 Å². The van der Waals surface area contributed by atoms with Crippen molar-refractivity contribution in [2.45, 2.75) is 31.9 Å². The molecule has 0 saturated heterocycles. The second kappa shape index (κ2) is 8.34. The van der Waals surface area contributed by atoms with Crippen molar-refractivity contribution < 1.29 is 14.3 Å². The van der Waals surface area contributed by atoms with Crippen LogP contribution in [0, 0.1) is 0 Å². The first-order valence-electron chi connectivity index (χ1n) is 6.99. The Labute approximate surface area is 131 Å². The Kier molecular flexibility index (Phi) is 7.11. The summed E-state index contributed by atoms with van der Waals surface area (Å²) in [4.78, 5) is 11.9. The number of nitrogens with one attached hydrogen (secondary N) is 1. The van der Waals surface area contributed by atoms with Gasteiger partial charge < -0.3 is 20.5 Å². The normalized spacial score (nSPS) is 15.1. The summed E-state index contributed by atoms with van der Waals surface area (Å²) >= 11 is 0. The van der Waals surface area contributed by atoms with Crippen LogP contribution in [0.5, 0.6) is 0 Å². The quantitative estimate of drug-likeness (QED) is 0.721. The summed E-state index contributed by atoms with van der Waals surface area (Å²) in [7, 11) is 0. The van der Waals surface area contributed by atoms with Crippen LogP contribution >= 0.6 is 12.4 Å². The molecule has 6 heteroatoms. The highest BCUT2D eigenvalue weighted by molar-refractivity contribution is 6.00. The minimum atomic E-state index is -0.649. The Morgan fingerprint density at radius 3 is 2.71 bits per heavy atom. The Morgan fingerprint density at radius 1 is 1.33 bits per heavy atom. The fourth-order valence-electron chi connectivity index (χ4n) is 1.81. The molecule has 1 aromatic carbocycles. The molecule has 0 aliphatic heterocycles. The van der Waals surface area contributed by atoms with Gasteiger partial charge in [-0.2, -0.15) is 0 Å². The summed E-state index contributed by atoms with van der Waals surface area (Å²) in [5.74, 6) is -0.105. The number of amides is 1. The molecule has 0 bridgehead atoms. The van der Waals surface area contributed by atoms with Gasteiger partial charge in [-0.15, -0.1) is 12.4 Å². The maximum absolute atomic E-state index is 11.9. The van der Waals surface area contributed by atoms with Crippen molar-refractivity contribution in [3.63, 3.8) is 0 Å². The lowest BCUT2D eigenvalue weighted by molar-refractivity contribution is -0.118. The molecule has 1 aliphatic rings. The number of halogens is 1. The lowest BCUT2D eigenvalue weighted by Crippen LogP contribution is -2.37. The molecule has 1 fully saturated rings. The highest BCUT2D eigenvalue weighted by Gasteiger charge is 2.45. The molecule has 1 saturated carbocycles. The smallest absolute Gasteiger partial charge is 0.244 e. The molecule has 1 aromatic rings. The van der Waals surface area contributed by atoms with Crippen LogP contribution in [0.15, 0.2) is 24.3 Å². The van der Waals surface area contributed by atoms with Crippen LogP contribution in [0.1, 0.15) is 25.3 Å². The molecule has 2 rings (SSSR count). The average Bonchev–Trinajstić information content (AvgIpc) is 3.18. The monoisotopic (exact) mass is 314 g/mol. The minimum Gasteiger partial charge on any atom is -0.379 e. The summed E-state index contributed by atoms with van der Waals surface area (Å²) in [6.07, 6.45) is 1.53. The minimum absolute atomic E-state index is 0. The maximum Gasteiger partial charge on any atom is 0.244 e. The molecule has 0 radical (unpaired) electrons. The second-order valence-electron chi connectivity index (χ2n) is 5.06. The molecule has 1 amide bonds. The van der Waals surface area contributed by atoms with E-state index in [0.717, 1.165) is 24.1 Å². The average molecular weight is 315 g/mol. The van der Waals surface area contributed by atoms with Gasteiger partial charge in [0.2, 0.25) is 5.91 Å². The van der Waals surface area contributed by atoms with Crippen LogP contribution in [0.2, 0.25) is 0 Å². The van der Waals surface area contributed by atoms with Gasteiger partial charge in [-0.25, -0.2) is 0 Å². The third kappa shape index (κ3) is 5.63. The van der Waals surface area contributed by atoms with Crippen LogP contribution in [-0.2, 0) is 20.9 Å². The molecule has 0 heterocycles. The van der Waals surface area contributed by atoms with E-state index in [0.29, 0.717) is 26.4 Å². The number of anilines is 1. The molecule has 0 atom stereocenters. The zero-order valence-corrected chi connectivity index (χ0v) is 13.1. The van der Waals surface area contributed by atoms with Gasteiger partial charge in [0, 0.05) is 12.3 Å². The Balaban J connectivity index is 0.00000220. The first kappa shape index (κ1) is 17.9. The van der Waals surface area contributed by atoms with Gasteiger partial charge >= 0.3 is 0 Å². The fraction of sp³-hybridized carbons (Fsp3) is 0.533. The number of rotatable bonds is 8. The van der Waals surface area contributed by atoms with E-state index in [4.69, 9.17) is 15.2 Å². The van der Waals surface area contributed by atoms with Crippen molar-refractivity contribution in [3.8, 4) is 0 Å². The van der Waals surface area contributed by atoms with E-state index >= 15 is 0 Å². The van der Waals surface area contributed by atoms with Crippen LogP contribution in [0.25, 0.3) is 0 Å². The van der Waals surface area contributed by atoms with Gasteiger partial charge in [-0.1, -0.05) is 12.1 Å². The zero-order chi connectivity index (χ0) is 14.4. The van der Waals surface area contributed by atoms with Crippen molar-refractivity contribution in [2.24, 2.45) is 5.73 Å². The van der Waals surface area contributed by atoms with Gasteiger partial charge in [0.05, 0.1) is 25.4 Å². The molecule has 21 heavy (non-hydrogen) atoms. The van der Waals surface area contributed by atoms with Crippen molar-refractivity contribution >= 4 is 24.0 Å². The van der Waals surface area contributed by atoms with Crippen molar-refractivity contribution in [2.75, 3.05) is 25.1 Å². The number of benzene rings is 1. The predicted molar refractivity (Wildman–Crippen MR) is 84.6 cm³/mol. The standard InChI is InChI=1S/C15H22N2O3.ClH/c1-2-19-8-9-20-11-12-4-3-5-13(10-12)17-14(18)15(16)6-7-15;/h3-5,10H,2,6-9,11,16H2,1H3,(H,17,18);1H. The van der Waals surface area contributed by atoms with Crippen LogP contribution in [0.4, 0.5) is 5.69 Å². The summed E-state index contributed by atoms with van der Waals surface area (Å²) in [6, 6.07) is 7.62. The lowest BCUT2D eigenvalue weighted by Gasteiger charge is -2.11. The molecule has 118 valence electrons. The van der Waals surface area contributed by atoms with Gasteiger partial charge in [0.1, 0.15) is 0 Å². The van der Waals surface area contributed by atoms with E-state index in [1.54, 1.807) is 0 Å². The molecule has 0 aromatic heterocycles. The van der Waals surface area contributed by atoms with E-state index in [-0.39, 0.29) is 18.3 Å². The molecule has 1 aliphatic carbocycles. The number of hydrogen-bond acceptors (Lipinski definition) is 4. The second-order valence-corrected chi connectivity index (χ2v) is 5.06. The predicted octanol–water partition coefficient (Wildman–Crippen LogP) is 2.09. The number of carbonyl (C=O) groups is 1. The van der Waals surface area contributed by atoms with Crippen molar-refractivity contribution in [3.05, 3.63) is 29.8 Å². The largest absolute Gasteiger partial charge is 0.379 e. The fourth-order valence-corrected chi connectivity index (χ4v) is 1.81. The summed E-state index contributed by atoms with van der Waals surface area (Å²) in [5, 5.41) is 2.85. The topological polar surface area (TPSA) is 73.6 Å². The summed E-state index contributed by atoms with van der Waals surface area (Å²) < 4.78 is 10.7. The maximum atomic E-state index is 11.9. The molecule has 5 nitrogen and oxygen atoms in total. The number of nitrogens with two attached hydrogens (primary N) is 1. The third-order valence-electron chi connectivity index (χ3n) is 3.27. The lowest BCUT2D eigenvalue weighted by atomic mass is 10.2. The van der Waals surface area contributed by atoms with Gasteiger partial charge in [0.15, 0.2) is 0 Å². The first-order chi connectivity index (χ1) is 9.64. The first-order valence-corrected chi connectivity index (χ1v) is 6.99. The van der Waals surface area contributed by atoms with E-state index in [2.05, 4.69) is 5.32 Å². The van der Waals surface area contributed by atoms with Gasteiger partial charge in [-0.05, 0) is 37.5 Å². The highest BCUT2D eigenvalue weighted by Crippen LogP contribution is 2.33. The summed E-state index contributed by atoms with van der Waals surface area (Å²) in [6.45, 7) is 4.32. The van der Waals surface area contributed by atoms with E-state index < -0.39 is 5.54 Å².